The molecular formula is C11H8BrN3O4S. The van der Waals surface area contributed by atoms with Crippen molar-refractivity contribution in [3.63, 3.8) is 0 Å². The van der Waals surface area contributed by atoms with Crippen molar-refractivity contribution in [2.45, 2.75) is 4.90 Å². The summed E-state index contributed by atoms with van der Waals surface area (Å²) in [7, 11) is -3.94. The molecule has 0 aliphatic carbocycles. The second kappa shape index (κ2) is 5.55. The lowest BCUT2D eigenvalue weighted by Gasteiger charge is -2.08. The minimum absolute atomic E-state index is 0.110. The second-order valence-electron chi connectivity index (χ2n) is 3.69. The van der Waals surface area contributed by atoms with Crippen LogP contribution in [0.15, 0.2) is 52.0 Å². The molecule has 1 aromatic heterocycles. The summed E-state index contributed by atoms with van der Waals surface area (Å²) in [6.45, 7) is 0. The van der Waals surface area contributed by atoms with Gasteiger partial charge in [-0.1, -0.05) is 6.07 Å². The topological polar surface area (TPSA) is 102 Å². The summed E-state index contributed by atoms with van der Waals surface area (Å²) in [5.41, 5.74) is -0.298. The van der Waals surface area contributed by atoms with E-state index in [2.05, 4.69) is 25.6 Å². The van der Waals surface area contributed by atoms with Gasteiger partial charge in [0.2, 0.25) is 0 Å². The highest BCUT2D eigenvalue weighted by atomic mass is 79.9. The number of sulfonamides is 1. The van der Waals surface area contributed by atoms with E-state index in [4.69, 9.17) is 0 Å². The van der Waals surface area contributed by atoms with Crippen LogP contribution in [0.3, 0.4) is 0 Å². The first-order valence-corrected chi connectivity index (χ1v) is 7.55. The Bertz CT molecular complexity index is 764. The minimum atomic E-state index is -3.94. The summed E-state index contributed by atoms with van der Waals surface area (Å²) in [6, 6.07) is 8.04. The average Bonchev–Trinajstić information content (AvgIpc) is 2.41. The fourth-order valence-corrected chi connectivity index (χ4v) is 2.97. The molecule has 2 rings (SSSR count). The number of non-ortho nitro benzene ring substituents is 1. The molecule has 0 spiro atoms. The summed E-state index contributed by atoms with van der Waals surface area (Å²) >= 11 is 3.16. The Kier molecular flexibility index (Phi) is 4.00. The Labute approximate surface area is 123 Å². The van der Waals surface area contributed by atoms with E-state index in [0.717, 1.165) is 6.07 Å². The summed E-state index contributed by atoms with van der Waals surface area (Å²) in [5, 5.41) is 10.7. The molecule has 0 atom stereocenters. The first kappa shape index (κ1) is 14.4. The smallest absolute Gasteiger partial charge is 0.262 e. The molecule has 104 valence electrons. The Morgan fingerprint density at radius 3 is 2.65 bits per heavy atom. The van der Waals surface area contributed by atoms with Gasteiger partial charge >= 0.3 is 0 Å². The zero-order valence-corrected chi connectivity index (χ0v) is 12.3. The molecule has 2 aromatic rings. The molecule has 1 N–H and O–H groups in total. The van der Waals surface area contributed by atoms with Gasteiger partial charge in [0, 0.05) is 18.3 Å². The van der Waals surface area contributed by atoms with Crippen LogP contribution in [0.5, 0.6) is 0 Å². The summed E-state index contributed by atoms with van der Waals surface area (Å²) in [5.74, 6) is 0.110. The van der Waals surface area contributed by atoms with Gasteiger partial charge in [0.05, 0.1) is 14.3 Å². The molecule has 0 radical (unpaired) electrons. The van der Waals surface area contributed by atoms with Gasteiger partial charge < -0.3 is 0 Å². The predicted octanol–water partition coefficient (Wildman–Crippen LogP) is 2.55. The number of nitro benzene ring substituents is 1. The lowest BCUT2D eigenvalue weighted by atomic mass is 10.3. The molecule has 1 aromatic carbocycles. The Hall–Kier alpha value is -2.00. The molecule has 0 aliphatic rings. The van der Waals surface area contributed by atoms with E-state index >= 15 is 0 Å². The van der Waals surface area contributed by atoms with E-state index < -0.39 is 14.9 Å². The molecule has 9 heteroatoms. The quantitative estimate of drug-likeness (QED) is 0.668. The Morgan fingerprint density at radius 1 is 1.25 bits per heavy atom. The normalized spacial score (nSPS) is 11.1. The predicted molar refractivity (Wildman–Crippen MR) is 75.8 cm³/mol. The maximum atomic E-state index is 12.1. The lowest BCUT2D eigenvalue weighted by molar-refractivity contribution is -0.385. The first-order chi connectivity index (χ1) is 9.40. The number of hydrogen-bond acceptors (Lipinski definition) is 5. The van der Waals surface area contributed by atoms with Gasteiger partial charge in [-0.2, -0.15) is 0 Å². The third kappa shape index (κ3) is 3.11. The van der Waals surface area contributed by atoms with Crippen LogP contribution in [0.25, 0.3) is 0 Å². The van der Waals surface area contributed by atoms with Gasteiger partial charge in [0.25, 0.3) is 15.7 Å². The van der Waals surface area contributed by atoms with E-state index in [0.29, 0.717) is 4.47 Å². The van der Waals surface area contributed by atoms with E-state index in [1.807, 2.05) is 0 Å². The minimum Gasteiger partial charge on any atom is -0.262 e. The SMILES string of the molecule is O=[N+]([O-])c1cccc(S(=O)(=O)Nc2ncccc2Br)c1. The molecule has 7 nitrogen and oxygen atoms in total. The molecule has 0 saturated heterocycles. The number of nitrogens with one attached hydrogen (secondary N) is 1. The monoisotopic (exact) mass is 357 g/mol. The maximum Gasteiger partial charge on any atom is 0.270 e. The number of aromatic nitrogens is 1. The Morgan fingerprint density at radius 2 is 2.00 bits per heavy atom. The number of hydrogen-bond donors (Lipinski definition) is 1. The number of nitrogens with zero attached hydrogens (tertiary/aromatic N) is 2. The highest BCUT2D eigenvalue weighted by molar-refractivity contribution is 9.10. The summed E-state index contributed by atoms with van der Waals surface area (Å²) in [4.78, 5) is 13.7. The average molecular weight is 358 g/mol. The molecule has 0 saturated carbocycles. The van der Waals surface area contributed by atoms with Crippen LogP contribution in [0.1, 0.15) is 0 Å². The van der Waals surface area contributed by atoms with Crippen LogP contribution in [-0.4, -0.2) is 18.3 Å². The van der Waals surface area contributed by atoms with Crippen molar-refractivity contribution in [3.8, 4) is 0 Å². The van der Waals surface area contributed by atoms with Crippen LogP contribution < -0.4 is 4.72 Å². The molecule has 1 heterocycles. The van der Waals surface area contributed by atoms with Crippen molar-refractivity contribution in [2.24, 2.45) is 0 Å². The molecular weight excluding hydrogens is 350 g/mol. The van der Waals surface area contributed by atoms with Crippen molar-refractivity contribution in [1.29, 1.82) is 0 Å². The molecule has 20 heavy (non-hydrogen) atoms. The fraction of sp³-hybridized carbons (Fsp3) is 0. The molecule has 0 bridgehead atoms. The van der Waals surface area contributed by atoms with E-state index in [1.165, 1.54) is 24.4 Å². The number of anilines is 1. The number of pyridine rings is 1. The van der Waals surface area contributed by atoms with Gasteiger partial charge in [0.1, 0.15) is 0 Å². The van der Waals surface area contributed by atoms with Crippen LogP contribution in [-0.2, 0) is 10.0 Å². The van der Waals surface area contributed by atoms with Crippen molar-refractivity contribution in [3.05, 3.63) is 57.2 Å². The van der Waals surface area contributed by atoms with Gasteiger partial charge in [-0.3, -0.25) is 14.8 Å². The summed E-state index contributed by atoms with van der Waals surface area (Å²) in [6.07, 6.45) is 1.43. The van der Waals surface area contributed by atoms with Gasteiger partial charge in [0.15, 0.2) is 5.82 Å². The number of rotatable bonds is 4. The highest BCUT2D eigenvalue weighted by Gasteiger charge is 2.19. The molecule has 0 unspecified atom stereocenters. The van der Waals surface area contributed by atoms with Crippen molar-refractivity contribution in [1.82, 2.24) is 4.98 Å². The fourth-order valence-electron chi connectivity index (χ4n) is 1.41. The van der Waals surface area contributed by atoms with Crippen LogP contribution in [0.2, 0.25) is 0 Å². The molecule has 0 aliphatic heterocycles. The van der Waals surface area contributed by atoms with Crippen molar-refractivity contribution >= 4 is 37.5 Å². The third-order valence-electron chi connectivity index (χ3n) is 2.33. The first-order valence-electron chi connectivity index (χ1n) is 5.28. The van der Waals surface area contributed by atoms with Crippen molar-refractivity contribution < 1.29 is 13.3 Å². The van der Waals surface area contributed by atoms with Gasteiger partial charge in [-0.25, -0.2) is 13.4 Å². The van der Waals surface area contributed by atoms with Gasteiger partial charge in [-0.15, -0.1) is 0 Å². The number of nitro groups is 1. The maximum absolute atomic E-state index is 12.1. The number of benzene rings is 1. The van der Waals surface area contributed by atoms with Gasteiger partial charge in [-0.05, 0) is 34.1 Å². The highest BCUT2D eigenvalue weighted by Crippen LogP contribution is 2.23. The zero-order chi connectivity index (χ0) is 14.8. The lowest BCUT2D eigenvalue weighted by Crippen LogP contribution is -2.14. The largest absolute Gasteiger partial charge is 0.270 e. The number of halogens is 1. The second-order valence-corrected chi connectivity index (χ2v) is 6.23. The van der Waals surface area contributed by atoms with E-state index in [1.54, 1.807) is 12.1 Å². The van der Waals surface area contributed by atoms with Crippen LogP contribution in [0.4, 0.5) is 11.5 Å². The van der Waals surface area contributed by atoms with Crippen molar-refractivity contribution in [2.75, 3.05) is 4.72 Å². The summed E-state index contributed by atoms with van der Waals surface area (Å²) < 4.78 is 27.0. The Balaban J connectivity index is 2.38. The molecule has 0 amide bonds. The van der Waals surface area contributed by atoms with E-state index in [9.17, 15) is 18.5 Å². The van der Waals surface area contributed by atoms with Crippen LogP contribution in [0, 0.1) is 10.1 Å². The third-order valence-corrected chi connectivity index (χ3v) is 4.30. The standard InChI is InChI=1S/C11H8BrN3O4S/c12-10-5-2-6-13-11(10)14-20(18,19)9-4-1-3-8(7-9)15(16)17/h1-7H,(H,13,14). The molecule has 0 fully saturated rings. The zero-order valence-electron chi connectivity index (χ0n) is 9.86. The van der Waals surface area contributed by atoms with Crippen LogP contribution >= 0.6 is 15.9 Å². The van der Waals surface area contributed by atoms with E-state index in [-0.39, 0.29) is 16.4 Å².